The average Bonchev–Trinajstić information content (AvgIpc) is 2.22. The molecule has 0 saturated heterocycles. The molecule has 0 spiro atoms. The first-order valence-corrected chi connectivity index (χ1v) is 6.00. The molecule has 3 heteroatoms. The maximum Gasteiger partial charge on any atom is 0.213 e. The summed E-state index contributed by atoms with van der Waals surface area (Å²) in [4.78, 5) is 4.30. The highest BCUT2D eigenvalue weighted by atomic mass is 16.5. The fraction of sp³-hybridized carbons (Fsp3) is 0.615. The van der Waals surface area contributed by atoms with Crippen molar-refractivity contribution in [2.24, 2.45) is 5.92 Å². The molecule has 1 fully saturated rings. The van der Waals surface area contributed by atoms with E-state index < -0.39 is 0 Å². The Kier molecular flexibility index (Phi) is 3.78. The quantitative estimate of drug-likeness (QED) is 0.830. The average molecular weight is 221 g/mol. The minimum absolute atomic E-state index is 0.0428. The molecule has 1 aromatic heterocycles. The zero-order chi connectivity index (χ0) is 11.4. The lowest BCUT2D eigenvalue weighted by molar-refractivity contribution is 0.217. The number of nitrogens with zero attached hydrogens (tertiary/aromatic N) is 1. The van der Waals surface area contributed by atoms with Gasteiger partial charge in [-0.2, -0.15) is 0 Å². The van der Waals surface area contributed by atoms with Crippen LogP contribution in [0.4, 0.5) is 0 Å². The van der Waals surface area contributed by atoms with Crippen LogP contribution in [0, 0.1) is 12.8 Å². The molecule has 1 aliphatic carbocycles. The molecule has 1 aromatic rings. The summed E-state index contributed by atoms with van der Waals surface area (Å²) in [5.41, 5.74) is 1.72. The number of aromatic nitrogens is 1. The lowest BCUT2D eigenvalue weighted by Crippen LogP contribution is -2.14. The van der Waals surface area contributed by atoms with E-state index in [4.69, 9.17) is 9.84 Å². The summed E-state index contributed by atoms with van der Waals surface area (Å²) in [6, 6.07) is 3.71. The number of hydrogen-bond acceptors (Lipinski definition) is 3. The Morgan fingerprint density at radius 3 is 2.81 bits per heavy atom. The summed E-state index contributed by atoms with van der Waals surface area (Å²) in [7, 11) is 0. The summed E-state index contributed by atoms with van der Waals surface area (Å²) >= 11 is 0. The van der Waals surface area contributed by atoms with Gasteiger partial charge in [-0.1, -0.05) is 19.3 Å². The van der Waals surface area contributed by atoms with Crippen molar-refractivity contribution in [2.45, 2.75) is 39.2 Å². The van der Waals surface area contributed by atoms with Crippen LogP contribution in [-0.2, 0) is 6.61 Å². The number of aryl methyl sites for hydroxylation is 1. The third-order valence-electron chi connectivity index (χ3n) is 3.34. The fourth-order valence-electron chi connectivity index (χ4n) is 1.93. The molecule has 0 amide bonds. The van der Waals surface area contributed by atoms with E-state index in [2.05, 4.69) is 4.98 Å². The van der Waals surface area contributed by atoms with Gasteiger partial charge in [-0.15, -0.1) is 0 Å². The van der Waals surface area contributed by atoms with E-state index in [9.17, 15) is 0 Å². The van der Waals surface area contributed by atoms with E-state index in [1.54, 1.807) is 0 Å². The highest BCUT2D eigenvalue weighted by Crippen LogP contribution is 2.29. The molecule has 0 bridgehead atoms. The van der Waals surface area contributed by atoms with Crippen LogP contribution in [0.1, 0.15) is 36.9 Å². The molecule has 3 nitrogen and oxygen atoms in total. The second-order valence-electron chi connectivity index (χ2n) is 4.49. The van der Waals surface area contributed by atoms with Crippen molar-refractivity contribution in [3.8, 4) is 5.88 Å². The van der Waals surface area contributed by atoms with Gasteiger partial charge < -0.3 is 9.84 Å². The molecule has 1 aliphatic rings. The first-order chi connectivity index (χ1) is 7.79. The Morgan fingerprint density at radius 2 is 2.25 bits per heavy atom. The van der Waals surface area contributed by atoms with Gasteiger partial charge in [0.05, 0.1) is 13.2 Å². The molecule has 1 saturated carbocycles. The highest BCUT2D eigenvalue weighted by molar-refractivity contribution is 5.24. The van der Waals surface area contributed by atoms with E-state index in [0.717, 1.165) is 30.2 Å². The summed E-state index contributed by atoms with van der Waals surface area (Å²) in [5, 5.41) is 9.02. The molecule has 0 atom stereocenters. The minimum atomic E-state index is 0.0428. The molecule has 0 unspecified atom stereocenters. The van der Waals surface area contributed by atoms with E-state index >= 15 is 0 Å². The Bertz CT molecular complexity index is 348. The van der Waals surface area contributed by atoms with Crippen molar-refractivity contribution in [3.63, 3.8) is 0 Å². The van der Waals surface area contributed by atoms with Crippen LogP contribution in [0.25, 0.3) is 0 Å². The first-order valence-electron chi connectivity index (χ1n) is 6.00. The third-order valence-corrected chi connectivity index (χ3v) is 3.34. The van der Waals surface area contributed by atoms with Gasteiger partial charge in [-0.05, 0) is 30.9 Å². The van der Waals surface area contributed by atoms with E-state index in [-0.39, 0.29) is 6.61 Å². The molecule has 0 aromatic carbocycles. The minimum Gasteiger partial charge on any atom is -0.478 e. The molecule has 1 heterocycles. The second-order valence-corrected chi connectivity index (χ2v) is 4.49. The van der Waals surface area contributed by atoms with Gasteiger partial charge in [-0.25, -0.2) is 4.98 Å². The van der Waals surface area contributed by atoms with Crippen LogP contribution in [0.3, 0.4) is 0 Å². The first kappa shape index (κ1) is 11.4. The number of ether oxygens (including phenoxy) is 1. The van der Waals surface area contributed by atoms with E-state index in [0.29, 0.717) is 5.88 Å². The standard InChI is InChI=1S/C13H19NO2/c1-10-12(9-15)5-6-13(14-10)16-8-7-11-3-2-4-11/h5-6,11,15H,2-4,7-9H2,1H3. The maximum absolute atomic E-state index is 9.02. The van der Waals surface area contributed by atoms with Crippen LogP contribution in [0.2, 0.25) is 0 Å². The fourth-order valence-corrected chi connectivity index (χ4v) is 1.93. The smallest absolute Gasteiger partial charge is 0.213 e. The summed E-state index contributed by atoms with van der Waals surface area (Å²) < 4.78 is 5.60. The molecule has 0 radical (unpaired) electrons. The van der Waals surface area contributed by atoms with Gasteiger partial charge in [0.15, 0.2) is 0 Å². The number of pyridine rings is 1. The lowest BCUT2D eigenvalue weighted by Gasteiger charge is -2.24. The van der Waals surface area contributed by atoms with Gasteiger partial charge in [0, 0.05) is 11.8 Å². The highest BCUT2D eigenvalue weighted by Gasteiger charge is 2.16. The number of hydrogen-bond donors (Lipinski definition) is 1. The maximum atomic E-state index is 9.02. The summed E-state index contributed by atoms with van der Waals surface area (Å²) in [6.07, 6.45) is 5.24. The van der Waals surface area contributed by atoms with Crippen LogP contribution in [-0.4, -0.2) is 16.7 Å². The molecule has 2 rings (SSSR count). The van der Waals surface area contributed by atoms with Gasteiger partial charge in [0.1, 0.15) is 0 Å². The van der Waals surface area contributed by atoms with Crippen LogP contribution < -0.4 is 4.74 Å². The Morgan fingerprint density at radius 1 is 1.44 bits per heavy atom. The normalized spacial score (nSPS) is 15.9. The molecule has 1 N–H and O–H groups in total. The predicted molar refractivity (Wildman–Crippen MR) is 62.3 cm³/mol. The van der Waals surface area contributed by atoms with Gasteiger partial charge in [0.2, 0.25) is 5.88 Å². The van der Waals surface area contributed by atoms with Gasteiger partial charge in [0.25, 0.3) is 0 Å². The van der Waals surface area contributed by atoms with Crippen molar-refractivity contribution in [2.75, 3.05) is 6.61 Å². The summed E-state index contributed by atoms with van der Waals surface area (Å²) in [5.74, 6) is 1.55. The molecule has 16 heavy (non-hydrogen) atoms. The molecular weight excluding hydrogens is 202 g/mol. The Balaban J connectivity index is 1.81. The SMILES string of the molecule is Cc1nc(OCCC2CCC2)ccc1CO. The monoisotopic (exact) mass is 221 g/mol. The van der Waals surface area contributed by atoms with Crippen LogP contribution >= 0.6 is 0 Å². The predicted octanol–water partition coefficient (Wildman–Crippen LogP) is 2.45. The van der Waals surface area contributed by atoms with Gasteiger partial charge in [-0.3, -0.25) is 0 Å². The zero-order valence-corrected chi connectivity index (χ0v) is 9.78. The molecular formula is C13H19NO2. The van der Waals surface area contributed by atoms with Crippen LogP contribution in [0.15, 0.2) is 12.1 Å². The lowest BCUT2D eigenvalue weighted by atomic mass is 9.83. The van der Waals surface area contributed by atoms with Crippen LogP contribution in [0.5, 0.6) is 5.88 Å². The summed E-state index contributed by atoms with van der Waals surface area (Å²) in [6.45, 7) is 2.70. The van der Waals surface area contributed by atoms with Crippen molar-refractivity contribution in [1.82, 2.24) is 4.98 Å². The van der Waals surface area contributed by atoms with Crippen molar-refractivity contribution in [1.29, 1.82) is 0 Å². The van der Waals surface area contributed by atoms with E-state index in [1.807, 2.05) is 19.1 Å². The molecule has 0 aliphatic heterocycles. The van der Waals surface area contributed by atoms with E-state index in [1.165, 1.54) is 19.3 Å². The topological polar surface area (TPSA) is 42.4 Å². The number of aliphatic hydroxyl groups excluding tert-OH is 1. The Labute approximate surface area is 96.5 Å². The van der Waals surface area contributed by atoms with Crippen molar-refractivity contribution < 1.29 is 9.84 Å². The van der Waals surface area contributed by atoms with Gasteiger partial charge >= 0.3 is 0 Å². The largest absolute Gasteiger partial charge is 0.478 e. The Hall–Kier alpha value is -1.09. The second kappa shape index (κ2) is 5.30. The zero-order valence-electron chi connectivity index (χ0n) is 9.78. The molecule has 88 valence electrons. The van der Waals surface area contributed by atoms with Crippen molar-refractivity contribution in [3.05, 3.63) is 23.4 Å². The number of aliphatic hydroxyl groups is 1. The number of rotatable bonds is 5. The third kappa shape index (κ3) is 2.73. The van der Waals surface area contributed by atoms with Crippen molar-refractivity contribution >= 4 is 0 Å².